The van der Waals surface area contributed by atoms with Gasteiger partial charge in [-0.3, -0.25) is 0 Å². The summed E-state index contributed by atoms with van der Waals surface area (Å²) in [5.41, 5.74) is 0.00780. The molecule has 1 rings (SSSR count). The van der Waals surface area contributed by atoms with Gasteiger partial charge in [0, 0.05) is 11.5 Å². The summed E-state index contributed by atoms with van der Waals surface area (Å²) in [7, 11) is 1.15. The van der Waals surface area contributed by atoms with Crippen LogP contribution >= 0.6 is 0 Å². The van der Waals surface area contributed by atoms with Gasteiger partial charge in [0.05, 0.1) is 12.7 Å². The van der Waals surface area contributed by atoms with Crippen LogP contribution in [0.15, 0.2) is 24.3 Å². The summed E-state index contributed by atoms with van der Waals surface area (Å²) in [5.74, 6) is 2.28. The second kappa shape index (κ2) is 4.71. The van der Waals surface area contributed by atoms with Crippen molar-refractivity contribution in [1.82, 2.24) is 0 Å². The van der Waals surface area contributed by atoms with Gasteiger partial charge in [0.25, 0.3) is 0 Å². The van der Waals surface area contributed by atoms with Crippen molar-refractivity contribution in [2.24, 2.45) is 0 Å². The average Bonchev–Trinajstić information content (AvgIpc) is 2.25. The first-order valence-corrected chi connectivity index (χ1v) is 4.21. The van der Waals surface area contributed by atoms with Gasteiger partial charge >= 0.3 is 12.1 Å². The van der Waals surface area contributed by atoms with Gasteiger partial charge in [-0.1, -0.05) is 18.1 Å². The molecule has 2 nitrogen and oxygen atoms in total. The number of esters is 1. The predicted octanol–water partition coefficient (Wildman–Crippen LogP) is 2.39. The van der Waals surface area contributed by atoms with Crippen LogP contribution in [0.2, 0.25) is 0 Å². The fraction of sp³-hybridized carbons (Fsp3) is 0.182. The molecule has 0 aliphatic carbocycles. The lowest BCUT2D eigenvalue weighted by Gasteiger charge is -2.01. The van der Waals surface area contributed by atoms with Crippen molar-refractivity contribution in [3.05, 3.63) is 35.4 Å². The molecule has 84 valence electrons. The Morgan fingerprint density at radius 3 is 2.50 bits per heavy atom. The number of rotatable bonds is 1. The van der Waals surface area contributed by atoms with Crippen LogP contribution in [-0.4, -0.2) is 19.3 Å². The molecule has 0 saturated carbocycles. The van der Waals surface area contributed by atoms with Crippen LogP contribution in [0.1, 0.15) is 15.9 Å². The topological polar surface area (TPSA) is 26.3 Å². The van der Waals surface area contributed by atoms with Crippen LogP contribution in [0.4, 0.5) is 13.2 Å². The van der Waals surface area contributed by atoms with Crippen LogP contribution < -0.4 is 0 Å². The Bertz CT molecular complexity index is 452. The van der Waals surface area contributed by atoms with Crippen LogP contribution in [0.25, 0.3) is 0 Å². The maximum atomic E-state index is 11.9. The normalized spacial score (nSPS) is 10.2. The Hall–Kier alpha value is -1.96. The average molecular weight is 228 g/mol. The van der Waals surface area contributed by atoms with Crippen LogP contribution in [0.3, 0.4) is 0 Å². The molecule has 0 N–H and O–H groups in total. The van der Waals surface area contributed by atoms with E-state index < -0.39 is 12.1 Å². The molecule has 5 heteroatoms. The molecule has 0 aliphatic rings. The minimum Gasteiger partial charge on any atom is -0.465 e. The van der Waals surface area contributed by atoms with Crippen molar-refractivity contribution in [3.63, 3.8) is 0 Å². The first-order chi connectivity index (χ1) is 7.44. The van der Waals surface area contributed by atoms with E-state index in [9.17, 15) is 18.0 Å². The molecule has 0 radical (unpaired) electrons. The Morgan fingerprint density at radius 1 is 1.31 bits per heavy atom. The van der Waals surface area contributed by atoms with E-state index in [2.05, 4.69) is 4.74 Å². The second-order valence-electron chi connectivity index (χ2n) is 2.78. The maximum absolute atomic E-state index is 11.9. The molecule has 0 spiro atoms. The van der Waals surface area contributed by atoms with Crippen LogP contribution in [-0.2, 0) is 4.74 Å². The fourth-order valence-corrected chi connectivity index (χ4v) is 1.02. The van der Waals surface area contributed by atoms with Gasteiger partial charge < -0.3 is 4.74 Å². The van der Waals surface area contributed by atoms with Crippen molar-refractivity contribution >= 4 is 5.97 Å². The van der Waals surface area contributed by atoms with Crippen molar-refractivity contribution in [2.45, 2.75) is 6.18 Å². The van der Waals surface area contributed by atoms with E-state index in [1.807, 2.05) is 5.92 Å². The lowest BCUT2D eigenvalue weighted by molar-refractivity contribution is -0.0696. The van der Waals surface area contributed by atoms with E-state index in [1.165, 1.54) is 24.3 Å². The van der Waals surface area contributed by atoms with Gasteiger partial charge in [0.2, 0.25) is 0 Å². The van der Waals surface area contributed by atoms with Gasteiger partial charge in [-0.2, -0.15) is 13.2 Å². The molecule has 1 aromatic rings. The predicted molar refractivity (Wildman–Crippen MR) is 50.7 cm³/mol. The highest BCUT2D eigenvalue weighted by Crippen LogP contribution is 2.14. The molecular weight excluding hydrogens is 221 g/mol. The van der Waals surface area contributed by atoms with Gasteiger partial charge in [-0.15, -0.1) is 0 Å². The van der Waals surface area contributed by atoms with E-state index >= 15 is 0 Å². The molecule has 0 amide bonds. The number of carbonyl (C=O) groups is 1. The third-order valence-corrected chi connectivity index (χ3v) is 1.67. The van der Waals surface area contributed by atoms with E-state index in [0.717, 1.165) is 13.0 Å². The molecule has 16 heavy (non-hydrogen) atoms. The highest BCUT2D eigenvalue weighted by Gasteiger charge is 2.23. The van der Waals surface area contributed by atoms with Gasteiger partial charge in [0.1, 0.15) is 0 Å². The van der Waals surface area contributed by atoms with Crippen molar-refractivity contribution in [1.29, 1.82) is 0 Å². The number of hydrogen-bond acceptors (Lipinski definition) is 2. The first kappa shape index (κ1) is 12.1. The zero-order chi connectivity index (χ0) is 12.2. The number of alkyl halides is 3. The molecule has 0 aliphatic heterocycles. The SMILES string of the molecule is COC(=O)c1ccccc1C#CC(F)(F)F. The highest BCUT2D eigenvalue weighted by atomic mass is 19.4. The molecule has 0 heterocycles. The Morgan fingerprint density at radius 2 is 1.94 bits per heavy atom. The zero-order valence-electron chi connectivity index (χ0n) is 8.26. The third kappa shape index (κ3) is 3.31. The van der Waals surface area contributed by atoms with E-state index in [4.69, 9.17) is 0 Å². The van der Waals surface area contributed by atoms with E-state index in [1.54, 1.807) is 0 Å². The molecule has 0 bridgehead atoms. The maximum Gasteiger partial charge on any atom is 0.458 e. The monoisotopic (exact) mass is 228 g/mol. The van der Waals surface area contributed by atoms with E-state index in [-0.39, 0.29) is 11.1 Å². The summed E-state index contributed by atoms with van der Waals surface area (Å²) in [4.78, 5) is 11.2. The Labute approximate surface area is 90.0 Å². The largest absolute Gasteiger partial charge is 0.465 e. The summed E-state index contributed by atoms with van der Waals surface area (Å²) in [6.07, 6.45) is -4.58. The summed E-state index contributed by atoms with van der Waals surface area (Å²) in [6, 6.07) is 5.69. The first-order valence-electron chi connectivity index (χ1n) is 4.21. The zero-order valence-corrected chi connectivity index (χ0v) is 8.26. The molecule has 0 aromatic heterocycles. The number of halogens is 3. The van der Waals surface area contributed by atoms with Gasteiger partial charge in [0.15, 0.2) is 0 Å². The number of methoxy groups -OCH3 is 1. The minimum absolute atomic E-state index is 0.00771. The second-order valence-corrected chi connectivity index (χ2v) is 2.78. The lowest BCUT2D eigenvalue weighted by Crippen LogP contribution is -2.05. The van der Waals surface area contributed by atoms with E-state index in [0.29, 0.717) is 0 Å². The summed E-state index contributed by atoms with van der Waals surface area (Å²) < 4.78 is 40.0. The molecule has 0 saturated heterocycles. The number of hydrogen-bond donors (Lipinski definition) is 0. The summed E-state index contributed by atoms with van der Waals surface area (Å²) >= 11 is 0. The molecule has 0 atom stereocenters. The van der Waals surface area contributed by atoms with Crippen LogP contribution in [0.5, 0.6) is 0 Å². The number of carbonyl (C=O) groups excluding carboxylic acids is 1. The highest BCUT2D eigenvalue weighted by molar-refractivity contribution is 5.92. The number of ether oxygens (including phenoxy) is 1. The molecular formula is C11H7F3O2. The molecule has 1 aromatic carbocycles. The quantitative estimate of drug-likeness (QED) is 0.545. The van der Waals surface area contributed by atoms with Crippen molar-refractivity contribution in [2.75, 3.05) is 7.11 Å². The number of benzene rings is 1. The smallest absolute Gasteiger partial charge is 0.458 e. The summed E-state index contributed by atoms with van der Waals surface area (Å²) in [5, 5.41) is 0. The summed E-state index contributed by atoms with van der Waals surface area (Å²) in [6.45, 7) is 0. The van der Waals surface area contributed by atoms with Crippen LogP contribution in [0, 0.1) is 11.8 Å². The third-order valence-electron chi connectivity index (χ3n) is 1.67. The van der Waals surface area contributed by atoms with Crippen molar-refractivity contribution in [3.8, 4) is 11.8 Å². The Balaban J connectivity index is 3.13. The lowest BCUT2D eigenvalue weighted by atomic mass is 10.1. The fourth-order valence-electron chi connectivity index (χ4n) is 1.02. The standard InChI is InChI=1S/C11H7F3O2/c1-16-10(15)9-5-3-2-4-8(9)6-7-11(12,13)14/h2-5H,1H3. The minimum atomic E-state index is -4.58. The Kier molecular flexibility index (Phi) is 3.56. The van der Waals surface area contributed by atoms with Crippen molar-refractivity contribution < 1.29 is 22.7 Å². The molecule has 0 unspecified atom stereocenters. The van der Waals surface area contributed by atoms with Gasteiger partial charge in [-0.05, 0) is 12.1 Å². The molecule has 0 fully saturated rings. The van der Waals surface area contributed by atoms with Gasteiger partial charge in [-0.25, -0.2) is 4.79 Å².